The van der Waals surface area contributed by atoms with Gasteiger partial charge in [0.05, 0.1) is 5.71 Å². The Morgan fingerprint density at radius 2 is 2.21 bits per heavy atom. The number of carbonyl (C=O) groups excluding carboxylic acids is 1. The normalized spacial score (nSPS) is 15.4. The van der Waals surface area contributed by atoms with Gasteiger partial charge in [0.1, 0.15) is 6.54 Å². The van der Waals surface area contributed by atoms with Crippen LogP contribution in [0.1, 0.15) is 24.0 Å². The lowest BCUT2D eigenvalue weighted by Crippen LogP contribution is -2.35. The average Bonchev–Trinajstić information content (AvgIpc) is 2.32. The number of hydrogen-bond acceptors (Lipinski definition) is 3. The number of nitrogens with zero attached hydrogens (tertiary/aromatic N) is 2. The van der Waals surface area contributed by atoms with E-state index in [1.165, 1.54) is 0 Å². The summed E-state index contributed by atoms with van der Waals surface area (Å²) < 4.78 is 0. The minimum atomic E-state index is -1.08. The Morgan fingerprint density at radius 1 is 1.47 bits per heavy atom. The Balaban J connectivity index is 2.33. The van der Waals surface area contributed by atoms with Crippen LogP contribution in [0.3, 0.4) is 0 Å². The minimum Gasteiger partial charge on any atom is -0.480 e. The molecule has 0 aliphatic carbocycles. The fourth-order valence-corrected chi connectivity index (χ4v) is 2.22. The van der Waals surface area contributed by atoms with E-state index in [-0.39, 0.29) is 12.3 Å². The topological polar surface area (TPSA) is 70.0 Å². The number of amides is 1. The van der Waals surface area contributed by atoms with E-state index < -0.39 is 12.5 Å². The van der Waals surface area contributed by atoms with E-state index in [2.05, 4.69) is 5.10 Å². The number of hydrazone groups is 1. The summed E-state index contributed by atoms with van der Waals surface area (Å²) in [5.74, 6) is -1.34. The van der Waals surface area contributed by atoms with E-state index in [4.69, 9.17) is 16.7 Å². The quantitative estimate of drug-likeness (QED) is 0.921. The Labute approximate surface area is 115 Å². The highest BCUT2D eigenvalue weighted by Crippen LogP contribution is 2.20. The van der Waals surface area contributed by atoms with Gasteiger partial charge >= 0.3 is 5.97 Å². The van der Waals surface area contributed by atoms with Crippen molar-refractivity contribution in [3.8, 4) is 0 Å². The molecule has 5 nitrogen and oxygen atoms in total. The molecular weight excluding hydrogens is 268 g/mol. The van der Waals surface area contributed by atoms with Crippen LogP contribution in [0.15, 0.2) is 23.3 Å². The van der Waals surface area contributed by atoms with Crippen molar-refractivity contribution < 1.29 is 14.7 Å². The lowest BCUT2D eigenvalue weighted by molar-refractivity contribution is -0.144. The molecule has 19 heavy (non-hydrogen) atoms. The molecule has 2 rings (SSSR count). The zero-order chi connectivity index (χ0) is 14.0. The van der Waals surface area contributed by atoms with Crippen LogP contribution < -0.4 is 0 Å². The maximum absolute atomic E-state index is 11.6. The molecule has 1 heterocycles. The van der Waals surface area contributed by atoms with Crippen molar-refractivity contribution >= 4 is 29.2 Å². The molecule has 0 radical (unpaired) electrons. The Hall–Kier alpha value is -1.88. The molecule has 1 N–H and O–H groups in total. The second kappa shape index (κ2) is 5.40. The summed E-state index contributed by atoms with van der Waals surface area (Å²) in [7, 11) is 0. The highest BCUT2D eigenvalue weighted by Gasteiger charge is 2.23. The first kappa shape index (κ1) is 13.5. The summed E-state index contributed by atoms with van der Waals surface area (Å²) in [6, 6.07) is 5.41. The van der Waals surface area contributed by atoms with Gasteiger partial charge in [-0.15, -0.1) is 0 Å². The molecule has 0 fully saturated rings. The molecule has 0 spiro atoms. The van der Waals surface area contributed by atoms with Crippen LogP contribution in [0.5, 0.6) is 0 Å². The average molecular weight is 281 g/mol. The van der Waals surface area contributed by atoms with Gasteiger partial charge < -0.3 is 5.11 Å². The van der Waals surface area contributed by atoms with Gasteiger partial charge in [-0.05, 0) is 24.6 Å². The number of aryl methyl sites for hydroxylation is 1. The number of halogens is 1. The van der Waals surface area contributed by atoms with Gasteiger partial charge in [-0.1, -0.05) is 17.7 Å². The van der Waals surface area contributed by atoms with Gasteiger partial charge in [-0.25, -0.2) is 5.01 Å². The summed E-state index contributed by atoms with van der Waals surface area (Å²) in [5, 5.41) is 14.5. The predicted molar refractivity (Wildman–Crippen MR) is 71.3 cm³/mol. The first-order chi connectivity index (χ1) is 8.97. The number of carboxylic acid groups (broad SMARTS) is 1. The zero-order valence-corrected chi connectivity index (χ0v) is 11.1. The fourth-order valence-electron chi connectivity index (χ4n) is 2.00. The number of hydrogen-bond donors (Lipinski definition) is 1. The van der Waals surface area contributed by atoms with E-state index in [0.29, 0.717) is 11.4 Å². The number of aliphatic carboxylic acids is 1. The molecule has 0 saturated heterocycles. The molecule has 1 aliphatic heterocycles. The van der Waals surface area contributed by atoms with E-state index in [1.54, 1.807) is 6.07 Å². The van der Waals surface area contributed by atoms with Gasteiger partial charge in [0, 0.05) is 23.4 Å². The van der Waals surface area contributed by atoms with Crippen LogP contribution >= 0.6 is 11.6 Å². The van der Waals surface area contributed by atoms with E-state index in [1.807, 2.05) is 19.1 Å². The maximum Gasteiger partial charge on any atom is 0.325 e. The van der Waals surface area contributed by atoms with Crippen molar-refractivity contribution in [3.05, 3.63) is 34.3 Å². The third kappa shape index (κ3) is 3.12. The Bertz CT molecular complexity index is 569. The Kier molecular flexibility index (Phi) is 3.85. The monoisotopic (exact) mass is 280 g/mol. The van der Waals surface area contributed by atoms with Gasteiger partial charge in [0.25, 0.3) is 0 Å². The first-order valence-corrected chi connectivity index (χ1v) is 6.21. The van der Waals surface area contributed by atoms with Gasteiger partial charge in [-0.3, -0.25) is 9.59 Å². The molecule has 0 atom stereocenters. The summed E-state index contributed by atoms with van der Waals surface area (Å²) >= 11 is 5.89. The van der Waals surface area contributed by atoms with Crippen LogP contribution in [0.25, 0.3) is 0 Å². The number of rotatable bonds is 3. The van der Waals surface area contributed by atoms with Crippen molar-refractivity contribution in [2.45, 2.75) is 19.8 Å². The zero-order valence-electron chi connectivity index (χ0n) is 10.4. The molecule has 0 aromatic heterocycles. The molecule has 0 saturated carbocycles. The molecule has 1 aromatic carbocycles. The van der Waals surface area contributed by atoms with Crippen LogP contribution in [-0.2, 0) is 9.59 Å². The van der Waals surface area contributed by atoms with Crippen molar-refractivity contribution in [2.75, 3.05) is 6.54 Å². The molecule has 1 aliphatic rings. The summed E-state index contributed by atoms with van der Waals surface area (Å²) in [6.45, 7) is 1.50. The third-order valence-electron chi connectivity index (χ3n) is 2.89. The van der Waals surface area contributed by atoms with E-state index >= 15 is 0 Å². The third-order valence-corrected chi connectivity index (χ3v) is 3.12. The molecule has 100 valence electrons. The molecule has 1 amide bonds. The van der Waals surface area contributed by atoms with Crippen molar-refractivity contribution in [1.29, 1.82) is 0 Å². The molecule has 1 aromatic rings. The number of carboxylic acids is 1. The standard InChI is InChI=1S/C13H13ClN2O3/c1-8-6-9(14)2-3-10(8)11-4-5-12(17)16(15-11)7-13(18)19/h2-3,6H,4-5,7H2,1H3,(H,18,19). The lowest BCUT2D eigenvalue weighted by atomic mass is 10.00. The Morgan fingerprint density at radius 3 is 2.84 bits per heavy atom. The van der Waals surface area contributed by atoms with Crippen molar-refractivity contribution in [2.24, 2.45) is 5.10 Å². The smallest absolute Gasteiger partial charge is 0.325 e. The predicted octanol–water partition coefficient (Wildman–Crippen LogP) is 2.06. The van der Waals surface area contributed by atoms with Crippen LogP contribution in [0, 0.1) is 6.92 Å². The van der Waals surface area contributed by atoms with Crippen molar-refractivity contribution in [1.82, 2.24) is 5.01 Å². The molecule has 6 heteroatoms. The fraction of sp³-hybridized carbons (Fsp3) is 0.308. The van der Waals surface area contributed by atoms with Crippen LogP contribution in [0.4, 0.5) is 0 Å². The van der Waals surface area contributed by atoms with E-state index in [0.717, 1.165) is 21.8 Å². The highest BCUT2D eigenvalue weighted by molar-refractivity contribution is 6.30. The second-order valence-corrected chi connectivity index (χ2v) is 4.79. The first-order valence-electron chi connectivity index (χ1n) is 5.83. The minimum absolute atomic E-state index is 0.266. The summed E-state index contributed by atoms with van der Waals surface area (Å²) in [4.78, 5) is 22.3. The highest BCUT2D eigenvalue weighted by atomic mass is 35.5. The molecule has 0 bridgehead atoms. The van der Waals surface area contributed by atoms with Gasteiger partial charge in [0.2, 0.25) is 5.91 Å². The van der Waals surface area contributed by atoms with Gasteiger partial charge in [-0.2, -0.15) is 5.10 Å². The number of benzene rings is 1. The SMILES string of the molecule is Cc1cc(Cl)ccc1C1=NN(CC(=O)O)C(=O)CC1. The molecule has 0 unspecified atom stereocenters. The summed E-state index contributed by atoms with van der Waals surface area (Å²) in [6.07, 6.45) is 0.783. The lowest BCUT2D eigenvalue weighted by Gasteiger charge is -2.22. The largest absolute Gasteiger partial charge is 0.480 e. The second-order valence-electron chi connectivity index (χ2n) is 4.35. The van der Waals surface area contributed by atoms with Crippen LogP contribution in [-0.4, -0.2) is 34.2 Å². The number of carbonyl (C=O) groups is 2. The van der Waals surface area contributed by atoms with Gasteiger partial charge in [0.15, 0.2) is 0 Å². The maximum atomic E-state index is 11.6. The van der Waals surface area contributed by atoms with E-state index in [9.17, 15) is 9.59 Å². The van der Waals surface area contributed by atoms with Crippen LogP contribution in [0.2, 0.25) is 5.02 Å². The summed E-state index contributed by atoms with van der Waals surface area (Å²) in [5.41, 5.74) is 2.57. The van der Waals surface area contributed by atoms with Crippen molar-refractivity contribution in [3.63, 3.8) is 0 Å². The molecular formula is C13H13ClN2O3.